The Kier molecular flexibility index (Phi) is 4.55. The van der Waals surface area contributed by atoms with Crippen LogP contribution in [0.25, 0.3) is 0 Å². The lowest BCUT2D eigenvalue weighted by atomic mass is 9.78. The van der Waals surface area contributed by atoms with Gasteiger partial charge in [-0.05, 0) is 54.7 Å². The van der Waals surface area contributed by atoms with Gasteiger partial charge in [0.1, 0.15) is 5.75 Å². The van der Waals surface area contributed by atoms with Crippen molar-refractivity contribution >= 4 is 17.2 Å². The third kappa shape index (κ3) is 3.35. The number of para-hydroxylation sites is 2. The van der Waals surface area contributed by atoms with E-state index in [0.29, 0.717) is 6.42 Å². The van der Waals surface area contributed by atoms with Crippen LogP contribution in [0.5, 0.6) is 5.75 Å². The SMILES string of the molecule is Cc1ccc([C@H]2CC(=O)C3=C(C2)Nc2ccccc2N[C@@H]3c2cccc(O)c2)cc1. The molecule has 4 heteroatoms. The Balaban J connectivity index is 1.61. The predicted molar refractivity (Wildman–Crippen MR) is 120 cm³/mol. The number of carbonyl (C=O) groups excluding carboxylic acids is 1. The number of allylic oxidation sites excluding steroid dienone is 1. The maximum absolute atomic E-state index is 13.5. The summed E-state index contributed by atoms with van der Waals surface area (Å²) in [5.41, 5.74) is 6.92. The van der Waals surface area contributed by atoms with Crippen LogP contribution in [0.1, 0.15) is 41.5 Å². The number of benzene rings is 3. The second-order valence-electron chi connectivity index (χ2n) is 8.17. The molecule has 0 saturated heterocycles. The maximum atomic E-state index is 13.5. The van der Waals surface area contributed by atoms with Gasteiger partial charge in [-0.1, -0.05) is 54.1 Å². The highest BCUT2D eigenvalue weighted by Gasteiger charge is 2.36. The van der Waals surface area contributed by atoms with E-state index in [4.69, 9.17) is 0 Å². The van der Waals surface area contributed by atoms with Crippen LogP contribution in [0.3, 0.4) is 0 Å². The van der Waals surface area contributed by atoms with Crippen molar-refractivity contribution in [3.05, 3.63) is 101 Å². The molecule has 2 atom stereocenters. The highest BCUT2D eigenvalue weighted by molar-refractivity contribution is 6.01. The van der Waals surface area contributed by atoms with Gasteiger partial charge in [0.15, 0.2) is 5.78 Å². The van der Waals surface area contributed by atoms with Crippen molar-refractivity contribution in [3.63, 3.8) is 0 Å². The lowest BCUT2D eigenvalue weighted by Crippen LogP contribution is -2.26. The van der Waals surface area contributed by atoms with Crippen LogP contribution in [0.15, 0.2) is 84.1 Å². The highest BCUT2D eigenvalue weighted by atomic mass is 16.3. The zero-order valence-electron chi connectivity index (χ0n) is 16.9. The summed E-state index contributed by atoms with van der Waals surface area (Å²) in [5.74, 6) is 0.491. The number of nitrogens with one attached hydrogen (secondary N) is 2. The first-order chi connectivity index (χ1) is 14.6. The van der Waals surface area contributed by atoms with E-state index in [1.165, 1.54) is 11.1 Å². The molecular weight excluding hydrogens is 372 g/mol. The monoisotopic (exact) mass is 396 g/mol. The quantitative estimate of drug-likeness (QED) is 0.521. The van der Waals surface area contributed by atoms with Crippen molar-refractivity contribution in [3.8, 4) is 5.75 Å². The fourth-order valence-electron chi connectivity index (χ4n) is 4.52. The number of anilines is 2. The van der Waals surface area contributed by atoms with Crippen LogP contribution in [-0.4, -0.2) is 10.9 Å². The minimum absolute atomic E-state index is 0.142. The Morgan fingerprint density at radius 3 is 2.40 bits per heavy atom. The highest BCUT2D eigenvalue weighted by Crippen LogP contribution is 2.44. The topological polar surface area (TPSA) is 61.4 Å². The van der Waals surface area contributed by atoms with Gasteiger partial charge in [-0.3, -0.25) is 4.79 Å². The maximum Gasteiger partial charge on any atom is 0.163 e. The van der Waals surface area contributed by atoms with Crippen molar-refractivity contribution in [1.82, 2.24) is 0 Å². The first kappa shape index (κ1) is 18.5. The average molecular weight is 396 g/mol. The lowest BCUT2D eigenvalue weighted by molar-refractivity contribution is -0.116. The standard InChI is InChI=1S/C26H24N2O2/c1-16-9-11-17(12-10-16)19-14-23-25(24(30)15-19)26(18-5-4-6-20(29)13-18)28-22-8-3-2-7-21(22)27-23/h2-13,19,26-29H,14-15H2,1H3/t19-,26-/m1/s1. The van der Waals surface area contributed by atoms with Crippen molar-refractivity contribution in [2.45, 2.75) is 31.7 Å². The molecule has 0 aromatic heterocycles. The van der Waals surface area contributed by atoms with Gasteiger partial charge in [0.05, 0.1) is 17.4 Å². The molecule has 1 heterocycles. The predicted octanol–water partition coefficient (Wildman–Crippen LogP) is 5.68. The van der Waals surface area contributed by atoms with Crippen LogP contribution >= 0.6 is 0 Å². The summed E-state index contributed by atoms with van der Waals surface area (Å²) < 4.78 is 0. The first-order valence-electron chi connectivity index (χ1n) is 10.3. The Hall–Kier alpha value is -3.53. The molecule has 4 nitrogen and oxygen atoms in total. The number of phenols is 1. The molecule has 5 rings (SSSR count). The molecule has 1 aliphatic heterocycles. The fourth-order valence-corrected chi connectivity index (χ4v) is 4.52. The number of carbonyl (C=O) groups is 1. The third-order valence-electron chi connectivity index (χ3n) is 6.06. The number of aromatic hydroxyl groups is 1. The van der Waals surface area contributed by atoms with Gasteiger partial charge in [-0.25, -0.2) is 0 Å². The van der Waals surface area contributed by atoms with Gasteiger partial charge in [0.25, 0.3) is 0 Å². The van der Waals surface area contributed by atoms with E-state index in [0.717, 1.165) is 34.6 Å². The molecule has 0 spiro atoms. The summed E-state index contributed by atoms with van der Waals surface area (Å²) in [6.45, 7) is 2.08. The molecule has 1 aliphatic carbocycles. The van der Waals surface area contributed by atoms with E-state index in [-0.39, 0.29) is 23.5 Å². The molecule has 0 unspecified atom stereocenters. The van der Waals surface area contributed by atoms with E-state index >= 15 is 0 Å². The van der Waals surface area contributed by atoms with E-state index < -0.39 is 0 Å². The fraction of sp³-hybridized carbons (Fsp3) is 0.192. The number of aryl methyl sites for hydroxylation is 1. The minimum Gasteiger partial charge on any atom is -0.508 e. The third-order valence-corrected chi connectivity index (χ3v) is 6.06. The summed E-state index contributed by atoms with van der Waals surface area (Å²) in [7, 11) is 0. The van der Waals surface area contributed by atoms with Crippen LogP contribution < -0.4 is 10.6 Å². The van der Waals surface area contributed by atoms with Gasteiger partial charge in [-0.15, -0.1) is 0 Å². The Morgan fingerprint density at radius 1 is 0.867 bits per heavy atom. The van der Waals surface area contributed by atoms with Crippen molar-refractivity contribution in [2.75, 3.05) is 10.6 Å². The molecule has 3 aromatic rings. The molecule has 0 radical (unpaired) electrons. The van der Waals surface area contributed by atoms with Crippen LogP contribution in [-0.2, 0) is 4.79 Å². The summed E-state index contributed by atoms with van der Waals surface area (Å²) >= 11 is 0. The molecule has 3 aromatic carbocycles. The second-order valence-corrected chi connectivity index (χ2v) is 8.17. The van der Waals surface area contributed by atoms with Crippen molar-refractivity contribution in [2.24, 2.45) is 0 Å². The summed E-state index contributed by atoms with van der Waals surface area (Å²) in [5, 5.41) is 17.1. The van der Waals surface area contributed by atoms with E-state index in [9.17, 15) is 9.90 Å². The van der Waals surface area contributed by atoms with E-state index in [1.54, 1.807) is 12.1 Å². The Bertz CT molecular complexity index is 1150. The lowest BCUT2D eigenvalue weighted by Gasteiger charge is -2.30. The Morgan fingerprint density at radius 2 is 1.63 bits per heavy atom. The Labute approximate surface area is 176 Å². The minimum atomic E-state index is -0.310. The molecule has 0 saturated carbocycles. The summed E-state index contributed by atoms with van der Waals surface area (Å²) in [4.78, 5) is 13.5. The molecule has 0 bridgehead atoms. The van der Waals surface area contributed by atoms with Gasteiger partial charge in [0, 0.05) is 17.7 Å². The molecule has 3 N–H and O–H groups in total. The first-order valence-corrected chi connectivity index (χ1v) is 10.3. The molecular formula is C26H24N2O2. The van der Waals surface area contributed by atoms with Gasteiger partial charge >= 0.3 is 0 Å². The molecule has 2 aliphatic rings. The average Bonchev–Trinajstić information content (AvgIpc) is 2.91. The van der Waals surface area contributed by atoms with Gasteiger partial charge < -0.3 is 15.7 Å². The van der Waals surface area contributed by atoms with E-state index in [2.05, 4.69) is 41.8 Å². The van der Waals surface area contributed by atoms with Crippen LogP contribution in [0.2, 0.25) is 0 Å². The molecule has 150 valence electrons. The molecule has 0 fully saturated rings. The zero-order chi connectivity index (χ0) is 20.7. The molecule has 30 heavy (non-hydrogen) atoms. The van der Waals surface area contributed by atoms with Crippen molar-refractivity contribution < 1.29 is 9.90 Å². The van der Waals surface area contributed by atoms with Crippen LogP contribution in [0, 0.1) is 6.92 Å². The normalized spacial score (nSPS) is 20.5. The summed E-state index contributed by atoms with van der Waals surface area (Å²) in [6.07, 6.45) is 1.26. The van der Waals surface area contributed by atoms with Crippen LogP contribution in [0.4, 0.5) is 11.4 Å². The van der Waals surface area contributed by atoms with Crippen molar-refractivity contribution in [1.29, 1.82) is 0 Å². The smallest absolute Gasteiger partial charge is 0.163 e. The summed E-state index contributed by atoms with van der Waals surface area (Å²) in [6, 6.07) is 23.3. The number of rotatable bonds is 2. The second kappa shape index (κ2) is 7.38. The van der Waals surface area contributed by atoms with Gasteiger partial charge in [0.2, 0.25) is 0 Å². The molecule has 0 amide bonds. The van der Waals surface area contributed by atoms with Gasteiger partial charge in [-0.2, -0.15) is 0 Å². The number of hydrogen-bond donors (Lipinski definition) is 3. The number of fused-ring (bicyclic) bond motifs is 1. The zero-order valence-corrected chi connectivity index (χ0v) is 16.9. The number of phenolic OH excluding ortho intramolecular Hbond substituents is 1. The number of hydrogen-bond acceptors (Lipinski definition) is 4. The van der Waals surface area contributed by atoms with E-state index in [1.807, 2.05) is 36.4 Å². The largest absolute Gasteiger partial charge is 0.508 e. The number of ketones is 1. The number of Topliss-reactive ketones (excluding diaryl/α,β-unsaturated/α-hetero) is 1.